The van der Waals surface area contributed by atoms with Crippen LogP contribution in [0.25, 0.3) is 0 Å². The van der Waals surface area contributed by atoms with Gasteiger partial charge >= 0.3 is 0 Å². The van der Waals surface area contributed by atoms with E-state index in [1.165, 1.54) is 32.5 Å². The molecule has 0 bridgehead atoms. The molecule has 1 aromatic carbocycles. The minimum atomic E-state index is 0.0142. The number of aromatic nitrogens is 2. The molecule has 6 heteroatoms. The van der Waals surface area contributed by atoms with Crippen LogP contribution in [0, 0.1) is 23.7 Å². The summed E-state index contributed by atoms with van der Waals surface area (Å²) in [5.74, 6) is 3.12. The number of amides is 1. The van der Waals surface area contributed by atoms with Crippen LogP contribution in [0.4, 0.5) is 0 Å². The van der Waals surface area contributed by atoms with Gasteiger partial charge in [-0.25, -0.2) is 4.98 Å². The minimum absolute atomic E-state index is 0.0142. The van der Waals surface area contributed by atoms with Crippen LogP contribution in [0.5, 0.6) is 0 Å². The largest absolute Gasteiger partial charge is 0.340 e. The van der Waals surface area contributed by atoms with Gasteiger partial charge in [-0.05, 0) is 54.2 Å². The molecule has 2 atom stereocenters. The van der Waals surface area contributed by atoms with Crippen LogP contribution in [0.2, 0.25) is 5.02 Å². The van der Waals surface area contributed by atoms with Gasteiger partial charge in [-0.15, -0.1) is 0 Å². The van der Waals surface area contributed by atoms with Gasteiger partial charge in [0.05, 0.1) is 6.33 Å². The number of carbonyl (C=O) groups is 1. The smallest absolute Gasteiger partial charge is 0.274 e. The topological polar surface area (TPSA) is 41.4 Å². The highest BCUT2D eigenvalue weighted by Gasteiger charge is 2.56. The molecule has 0 N–H and O–H groups in total. The fraction of sp³-hybridized carbons (Fsp3) is 0.545. The van der Waals surface area contributed by atoms with Gasteiger partial charge in [0.25, 0.3) is 5.91 Å². The molecule has 148 valence electrons. The van der Waals surface area contributed by atoms with Crippen molar-refractivity contribution >= 4 is 17.5 Å². The second-order valence-electron chi connectivity index (χ2n) is 8.89. The summed E-state index contributed by atoms with van der Waals surface area (Å²) in [6.07, 6.45) is 6.33. The van der Waals surface area contributed by atoms with Crippen molar-refractivity contribution in [2.45, 2.75) is 19.4 Å². The Morgan fingerprint density at radius 1 is 1.29 bits per heavy atom. The van der Waals surface area contributed by atoms with Crippen LogP contribution >= 0.6 is 11.6 Å². The number of rotatable bonds is 7. The maximum atomic E-state index is 13.2. The zero-order chi connectivity index (χ0) is 19.3. The number of benzene rings is 1. The first-order chi connectivity index (χ1) is 13.6. The summed E-state index contributed by atoms with van der Waals surface area (Å²) in [4.78, 5) is 22.1. The Morgan fingerprint density at radius 2 is 2.07 bits per heavy atom. The maximum absolute atomic E-state index is 13.2. The van der Waals surface area contributed by atoms with Gasteiger partial charge in [0.15, 0.2) is 0 Å². The van der Waals surface area contributed by atoms with E-state index in [4.69, 9.17) is 11.6 Å². The highest BCUT2D eigenvalue weighted by atomic mass is 35.5. The maximum Gasteiger partial charge on any atom is 0.274 e. The van der Waals surface area contributed by atoms with Gasteiger partial charge in [0, 0.05) is 51.0 Å². The third-order valence-corrected chi connectivity index (χ3v) is 6.80. The summed E-state index contributed by atoms with van der Waals surface area (Å²) in [6.45, 7) is 5.12. The average molecular weight is 399 g/mol. The van der Waals surface area contributed by atoms with Crippen molar-refractivity contribution in [3.8, 4) is 0 Å². The van der Waals surface area contributed by atoms with E-state index in [1.807, 2.05) is 40.8 Å². The lowest BCUT2D eigenvalue weighted by Gasteiger charge is -2.25. The fourth-order valence-electron chi connectivity index (χ4n) is 4.84. The van der Waals surface area contributed by atoms with E-state index in [1.54, 1.807) is 12.5 Å². The summed E-state index contributed by atoms with van der Waals surface area (Å²) < 4.78 is 1.83. The molecule has 1 aliphatic heterocycles. The van der Waals surface area contributed by atoms with Gasteiger partial charge in [0.1, 0.15) is 5.69 Å². The zero-order valence-electron chi connectivity index (χ0n) is 16.3. The number of aryl methyl sites for hydroxylation is 1. The standard InChI is InChI=1S/C22H27ClN4O/c1-25-13-21(24-14-25)22(28)27(9-16-3-2-4-17(23)7-16)12-20-18-10-26(11-19(18)20)8-15-5-6-15/h2-4,7,13-15,18-20H,5-6,8-12H2,1H3. The number of halogens is 1. The number of hydrogen-bond donors (Lipinski definition) is 0. The first-order valence-corrected chi connectivity index (χ1v) is 10.7. The molecule has 2 aromatic rings. The van der Waals surface area contributed by atoms with Crippen molar-refractivity contribution in [2.75, 3.05) is 26.2 Å². The van der Waals surface area contributed by atoms with E-state index in [0.717, 1.165) is 29.9 Å². The lowest BCUT2D eigenvalue weighted by Crippen LogP contribution is -2.35. The molecule has 5 nitrogen and oxygen atoms in total. The number of carbonyl (C=O) groups excluding carboxylic acids is 1. The SMILES string of the molecule is Cn1cnc(C(=O)N(Cc2cccc(Cl)c2)CC2C3CN(CC4CC4)CC32)c1. The van der Waals surface area contributed by atoms with Gasteiger partial charge in [0.2, 0.25) is 0 Å². The highest BCUT2D eigenvalue weighted by molar-refractivity contribution is 6.30. The molecule has 1 aromatic heterocycles. The molecule has 3 aliphatic rings. The Bertz CT molecular complexity index is 865. The van der Waals surface area contributed by atoms with Crippen molar-refractivity contribution in [3.05, 3.63) is 53.1 Å². The van der Waals surface area contributed by atoms with E-state index in [9.17, 15) is 4.79 Å². The van der Waals surface area contributed by atoms with Crippen LogP contribution in [0.1, 0.15) is 28.9 Å². The predicted octanol–water partition coefficient (Wildman–Crippen LogP) is 3.30. The molecular formula is C22H27ClN4O. The van der Waals surface area contributed by atoms with Gasteiger partial charge in [-0.3, -0.25) is 4.79 Å². The third-order valence-electron chi connectivity index (χ3n) is 6.57. The minimum Gasteiger partial charge on any atom is -0.340 e. The Balaban J connectivity index is 1.27. The highest BCUT2D eigenvalue weighted by Crippen LogP contribution is 2.52. The zero-order valence-corrected chi connectivity index (χ0v) is 17.1. The predicted molar refractivity (Wildman–Crippen MR) is 109 cm³/mol. The van der Waals surface area contributed by atoms with Gasteiger partial charge < -0.3 is 14.4 Å². The van der Waals surface area contributed by atoms with Crippen LogP contribution < -0.4 is 0 Å². The summed E-state index contributed by atoms with van der Waals surface area (Å²) in [7, 11) is 1.89. The van der Waals surface area contributed by atoms with Gasteiger partial charge in [-0.1, -0.05) is 23.7 Å². The molecule has 3 fully saturated rings. The monoisotopic (exact) mass is 398 g/mol. The quantitative estimate of drug-likeness (QED) is 0.718. The van der Waals surface area contributed by atoms with Crippen molar-refractivity contribution in [2.24, 2.45) is 30.7 Å². The Morgan fingerprint density at radius 3 is 2.71 bits per heavy atom. The number of fused-ring (bicyclic) bond motifs is 1. The normalized spacial score (nSPS) is 26.3. The van der Waals surface area contributed by atoms with Crippen LogP contribution in [-0.4, -0.2) is 51.4 Å². The van der Waals surface area contributed by atoms with Gasteiger partial charge in [-0.2, -0.15) is 0 Å². The molecule has 2 unspecified atom stereocenters. The van der Waals surface area contributed by atoms with Crippen molar-refractivity contribution in [3.63, 3.8) is 0 Å². The number of likely N-dealkylation sites (tertiary alicyclic amines) is 1. The number of hydrogen-bond acceptors (Lipinski definition) is 3. The molecule has 1 amide bonds. The molecule has 2 heterocycles. The van der Waals surface area contributed by atoms with Crippen LogP contribution in [0.3, 0.4) is 0 Å². The lowest BCUT2D eigenvalue weighted by atomic mass is 10.1. The molecule has 1 saturated heterocycles. The molecule has 0 radical (unpaired) electrons. The third kappa shape index (κ3) is 3.83. The Labute approximate surface area is 171 Å². The first kappa shape index (κ1) is 18.2. The van der Waals surface area contributed by atoms with Crippen molar-refractivity contribution in [1.82, 2.24) is 19.4 Å². The van der Waals surface area contributed by atoms with Crippen molar-refractivity contribution < 1.29 is 4.79 Å². The summed E-state index contributed by atoms with van der Waals surface area (Å²) in [5, 5.41) is 0.710. The van der Waals surface area contributed by atoms with E-state index in [0.29, 0.717) is 23.2 Å². The molecule has 28 heavy (non-hydrogen) atoms. The first-order valence-electron chi connectivity index (χ1n) is 10.3. The van der Waals surface area contributed by atoms with Crippen LogP contribution in [-0.2, 0) is 13.6 Å². The molecule has 2 aliphatic carbocycles. The van der Waals surface area contributed by atoms with E-state index in [2.05, 4.69) is 9.88 Å². The van der Waals surface area contributed by atoms with Crippen LogP contribution in [0.15, 0.2) is 36.8 Å². The number of imidazole rings is 1. The lowest BCUT2D eigenvalue weighted by molar-refractivity contribution is 0.0718. The summed E-state index contributed by atoms with van der Waals surface area (Å²) in [5.41, 5.74) is 1.59. The molecule has 2 saturated carbocycles. The summed E-state index contributed by atoms with van der Waals surface area (Å²) in [6, 6.07) is 7.81. The van der Waals surface area contributed by atoms with E-state index in [-0.39, 0.29) is 5.91 Å². The second kappa shape index (κ2) is 7.20. The Kier molecular flexibility index (Phi) is 4.68. The fourth-order valence-corrected chi connectivity index (χ4v) is 5.05. The molecule has 0 spiro atoms. The molecule has 5 rings (SSSR count). The second-order valence-corrected chi connectivity index (χ2v) is 9.33. The van der Waals surface area contributed by atoms with Crippen molar-refractivity contribution in [1.29, 1.82) is 0 Å². The Hall–Kier alpha value is -1.85. The molecular weight excluding hydrogens is 372 g/mol. The van der Waals surface area contributed by atoms with E-state index < -0.39 is 0 Å². The summed E-state index contributed by atoms with van der Waals surface area (Å²) >= 11 is 6.16. The number of nitrogens with zero attached hydrogens (tertiary/aromatic N) is 4. The average Bonchev–Trinajstić information content (AvgIpc) is 3.48. The van der Waals surface area contributed by atoms with E-state index >= 15 is 0 Å². The number of piperidine rings is 1.